The van der Waals surface area contributed by atoms with Gasteiger partial charge in [0, 0.05) is 13.6 Å². The van der Waals surface area contributed by atoms with Crippen molar-refractivity contribution in [1.29, 1.82) is 0 Å². The van der Waals surface area contributed by atoms with Gasteiger partial charge in [0.25, 0.3) is 5.91 Å². The van der Waals surface area contributed by atoms with Gasteiger partial charge in [0.2, 0.25) is 0 Å². The first-order valence-corrected chi connectivity index (χ1v) is 7.65. The number of rotatable bonds is 3. The van der Waals surface area contributed by atoms with Crippen molar-refractivity contribution in [3.63, 3.8) is 0 Å². The summed E-state index contributed by atoms with van der Waals surface area (Å²) < 4.78 is 0. The highest BCUT2D eigenvalue weighted by atomic mass is 32.1. The summed E-state index contributed by atoms with van der Waals surface area (Å²) in [7, 11) is 1.77. The van der Waals surface area contributed by atoms with E-state index in [1.165, 1.54) is 22.7 Å². The molecule has 0 spiro atoms. The van der Waals surface area contributed by atoms with Gasteiger partial charge in [0.1, 0.15) is 11.5 Å². The Morgan fingerprint density at radius 2 is 2.35 bits per heavy atom. The average Bonchev–Trinajstić information content (AvgIpc) is 3.04. The van der Waals surface area contributed by atoms with Crippen LogP contribution in [0.25, 0.3) is 0 Å². The van der Waals surface area contributed by atoms with E-state index in [0.29, 0.717) is 11.4 Å². The zero-order chi connectivity index (χ0) is 14.5. The number of aliphatic hydroxyl groups is 1. The molecule has 2 aromatic rings. The molecule has 0 aliphatic heterocycles. The van der Waals surface area contributed by atoms with Crippen LogP contribution >= 0.6 is 22.7 Å². The van der Waals surface area contributed by atoms with Crippen molar-refractivity contribution >= 4 is 28.6 Å². The molecule has 2 aromatic heterocycles. The van der Waals surface area contributed by atoms with E-state index in [0.717, 1.165) is 15.4 Å². The Kier molecular flexibility index (Phi) is 4.90. The van der Waals surface area contributed by atoms with Crippen LogP contribution in [0.3, 0.4) is 0 Å². The Hall–Kier alpha value is -1.68. The fourth-order valence-corrected chi connectivity index (χ4v) is 3.19. The molecule has 2 heterocycles. The van der Waals surface area contributed by atoms with E-state index in [1.54, 1.807) is 18.1 Å². The van der Waals surface area contributed by atoms with Crippen molar-refractivity contribution in [3.05, 3.63) is 38.0 Å². The number of carbonyl (C=O) groups is 1. The van der Waals surface area contributed by atoms with E-state index in [1.807, 2.05) is 18.4 Å². The summed E-state index contributed by atoms with van der Waals surface area (Å²) >= 11 is 2.91. The molecule has 1 N–H and O–H groups in total. The first-order chi connectivity index (χ1) is 9.60. The third-order valence-corrected chi connectivity index (χ3v) is 4.34. The Morgan fingerprint density at radius 1 is 1.55 bits per heavy atom. The molecule has 0 aromatic carbocycles. The van der Waals surface area contributed by atoms with Crippen molar-refractivity contribution in [2.45, 2.75) is 13.5 Å². The quantitative estimate of drug-likeness (QED) is 0.884. The predicted molar refractivity (Wildman–Crippen MR) is 80.9 cm³/mol. The fourth-order valence-electron chi connectivity index (χ4n) is 1.64. The van der Waals surface area contributed by atoms with Crippen LogP contribution in [0.1, 0.15) is 25.1 Å². The minimum atomic E-state index is -0.143. The molecule has 20 heavy (non-hydrogen) atoms. The van der Waals surface area contributed by atoms with Gasteiger partial charge in [0.15, 0.2) is 0 Å². The van der Waals surface area contributed by atoms with Crippen LogP contribution in [0.15, 0.2) is 17.6 Å². The van der Waals surface area contributed by atoms with Gasteiger partial charge in [-0.05, 0) is 23.9 Å². The number of nitrogens with zero attached hydrogens (tertiary/aromatic N) is 2. The Morgan fingerprint density at radius 3 is 3.00 bits per heavy atom. The minimum absolute atomic E-state index is 0.0233. The van der Waals surface area contributed by atoms with Gasteiger partial charge in [-0.2, -0.15) is 0 Å². The molecule has 2 rings (SSSR count). The number of amides is 1. The lowest BCUT2D eigenvalue weighted by Crippen LogP contribution is -2.25. The molecule has 0 saturated carbocycles. The van der Waals surface area contributed by atoms with E-state index < -0.39 is 0 Å². The van der Waals surface area contributed by atoms with Crippen molar-refractivity contribution < 1.29 is 9.90 Å². The van der Waals surface area contributed by atoms with E-state index in [-0.39, 0.29) is 12.5 Å². The number of thiazole rings is 1. The molecule has 0 radical (unpaired) electrons. The minimum Gasteiger partial charge on any atom is -0.384 e. The van der Waals surface area contributed by atoms with E-state index in [9.17, 15) is 4.79 Å². The van der Waals surface area contributed by atoms with Gasteiger partial charge in [-0.1, -0.05) is 11.8 Å². The zero-order valence-corrected chi connectivity index (χ0v) is 12.8. The molecule has 6 heteroatoms. The van der Waals surface area contributed by atoms with E-state index in [2.05, 4.69) is 16.8 Å². The highest BCUT2D eigenvalue weighted by molar-refractivity contribution is 7.13. The maximum absolute atomic E-state index is 12.2. The molecule has 4 nitrogen and oxygen atoms in total. The Balaban J connectivity index is 2.02. The summed E-state index contributed by atoms with van der Waals surface area (Å²) in [5.74, 6) is 5.45. The van der Waals surface area contributed by atoms with Crippen molar-refractivity contribution in [1.82, 2.24) is 9.88 Å². The molecule has 0 atom stereocenters. The molecule has 0 unspecified atom stereocenters. The van der Waals surface area contributed by atoms with Gasteiger partial charge in [0.05, 0.1) is 16.1 Å². The van der Waals surface area contributed by atoms with Crippen molar-refractivity contribution in [2.75, 3.05) is 13.7 Å². The van der Waals surface area contributed by atoms with Crippen LogP contribution in [0.4, 0.5) is 0 Å². The first kappa shape index (κ1) is 14.7. The smallest absolute Gasteiger partial charge is 0.265 e. The number of hydrogen-bond acceptors (Lipinski definition) is 5. The largest absolute Gasteiger partial charge is 0.384 e. The summed E-state index contributed by atoms with van der Waals surface area (Å²) in [6.45, 7) is 2.27. The third kappa shape index (κ3) is 3.67. The number of thiophene rings is 1. The van der Waals surface area contributed by atoms with Crippen LogP contribution in [0.5, 0.6) is 0 Å². The van der Waals surface area contributed by atoms with Gasteiger partial charge >= 0.3 is 0 Å². The Bertz CT molecular complexity index is 664. The van der Waals surface area contributed by atoms with Gasteiger partial charge < -0.3 is 10.0 Å². The molecule has 0 fully saturated rings. The highest BCUT2D eigenvalue weighted by Gasteiger charge is 2.15. The molecule has 104 valence electrons. The average molecular weight is 306 g/mol. The molecular formula is C14H14N2O2S2. The topological polar surface area (TPSA) is 53.4 Å². The van der Waals surface area contributed by atoms with Crippen LogP contribution in [-0.2, 0) is 6.54 Å². The zero-order valence-electron chi connectivity index (χ0n) is 11.2. The van der Waals surface area contributed by atoms with Gasteiger partial charge in [-0.3, -0.25) is 4.79 Å². The molecular weight excluding hydrogens is 292 g/mol. The number of aromatic nitrogens is 1. The standard InChI is InChI=1S/C14H14N2O2S2/c1-10-15-7-13(20-10)14(18)16(2)8-11-6-12(19-9-11)4-3-5-17/h6-7,9,17H,5,8H2,1-2H3. The molecule has 1 amide bonds. The number of carbonyl (C=O) groups excluding carboxylic acids is 1. The monoisotopic (exact) mass is 306 g/mol. The van der Waals surface area contributed by atoms with E-state index >= 15 is 0 Å². The number of aliphatic hydroxyl groups excluding tert-OH is 1. The summed E-state index contributed by atoms with van der Waals surface area (Å²) in [5, 5.41) is 11.5. The van der Waals surface area contributed by atoms with Crippen molar-refractivity contribution in [3.8, 4) is 11.8 Å². The third-order valence-electron chi connectivity index (χ3n) is 2.54. The molecule has 0 aliphatic rings. The van der Waals surface area contributed by atoms with Gasteiger partial charge in [-0.15, -0.1) is 22.7 Å². The fraction of sp³-hybridized carbons (Fsp3) is 0.286. The van der Waals surface area contributed by atoms with Crippen LogP contribution in [0.2, 0.25) is 0 Å². The second-order valence-electron chi connectivity index (χ2n) is 4.18. The highest BCUT2D eigenvalue weighted by Crippen LogP contribution is 2.18. The summed E-state index contributed by atoms with van der Waals surface area (Å²) in [4.78, 5) is 19.5. The maximum Gasteiger partial charge on any atom is 0.265 e. The predicted octanol–water partition coefficient (Wildman–Crippen LogP) is 2.13. The van der Waals surface area contributed by atoms with Crippen LogP contribution in [-0.4, -0.2) is 34.6 Å². The molecule has 0 bridgehead atoms. The second-order valence-corrected chi connectivity index (χ2v) is 6.33. The van der Waals surface area contributed by atoms with Crippen LogP contribution in [0, 0.1) is 18.8 Å². The normalized spacial score (nSPS) is 9.95. The Labute approximate surface area is 125 Å². The van der Waals surface area contributed by atoms with Crippen molar-refractivity contribution in [2.24, 2.45) is 0 Å². The lowest BCUT2D eigenvalue weighted by atomic mass is 10.3. The number of hydrogen-bond donors (Lipinski definition) is 1. The number of aryl methyl sites for hydroxylation is 1. The lowest BCUT2D eigenvalue weighted by Gasteiger charge is -2.14. The van der Waals surface area contributed by atoms with E-state index in [4.69, 9.17) is 5.11 Å². The first-order valence-electron chi connectivity index (χ1n) is 5.95. The summed E-state index contributed by atoms with van der Waals surface area (Å²) in [6, 6.07) is 1.94. The van der Waals surface area contributed by atoms with Gasteiger partial charge in [-0.25, -0.2) is 4.98 Å². The summed E-state index contributed by atoms with van der Waals surface area (Å²) in [5.41, 5.74) is 1.04. The maximum atomic E-state index is 12.2. The second kappa shape index (κ2) is 6.66. The molecule has 0 saturated heterocycles. The SMILES string of the molecule is Cc1ncc(C(=O)N(C)Cc2csc(C#CCO)c2)s1. The summed E-state index contributed by atoms with van der Waals surface area (Å²) in [6.07, 6.45) is 1.62. The van der Waals surface area contributed by atoms with Crippen LogP contribution < -0.4 is 0 Å². The lowest BCUT2D eigenvalue weighted by molar-refractivity contribution is 0.0790. The molecule has 0 aliphatic carbocycles.